The predicted molar refractivity (Wildman–Crippen MR) is 148 cm³/mol. The number of para-hydroxylation sites is 1. The average Bonchev–Trinajstić information content (AvgIpc) is 3.48. The van der Waals surface area contributed by atoms with E-state index in [1.807, 2.05) is 54.6 Å². The van der Waals surface area contributed by atoms with Crippen LogP contribution in [0.15, 0.2) is 95.0 Å². The maximum atomic E-state index is 13.7. The van der Waals surface area contributed by atoms with Gasteiger partial charge in [-0.15, -0.1) is 11.3 Å². The first kappa shape index (κ1) is 25.2. The molecule has 0 spiro atoms. The molecule has 0 aliphatic carbocycles. The van der Waals surface area contributed by atoms with Gasteiger partial charge in [-0.3, -0.25) is 9.59 Å². The van der Waals surface area contributed by atoms with E-state index in [1.165, 1.54) is 23.1 Å². The van der Waals surface area contributed by atoms with E-state index in [2.05, 4.69) is 10.6 Å². The Morgan fingerprint density at radius 1 is 0.892 bits per heavy atom. The zero-order valence-electron chi connectivity index (χ0n) is 19.6. The van der Waals surface area contributed by atoms with E-state index >= 15 is 0 Å². The van der Waals surface area contributed by atoms with E-state index in [0.717, 1.165) is 10.2 Å². The highest BCUT2D eigenvalue weighted by Gasteiger charge is 2.34. The fourth-order valence-electron chi connectivity index (χ4n) is 3.99. The van der Waals surface area contributed by atoms with Crippen molar-refractivity contribution < 1.29 is 18.0 Å². The third-order valence-corrected chi connectivity index (χ3v) is 10.2. The molecule has 1 aliphatic heterocycles. The summed E-state index contributed by atoms with van der Waals surface area (Å²) in [7, 11) is -3.45. The molecule has 1 fully saturated rings. The molecule has 1 unspecified atom stereocenters. The van der Waals surface area contributed by atoms with Gasteiger partial charge in [0, 0.05) is 5.56 Å². The van der Waals surface area contributed by atoms with Crippen LogP contribution in [-0.2, 0) is 14.6 Å². The summed E-state index contributed by atoms with van der Waals surface area (Å²) in [6, 6.07) is 25.5. The third-order valence-electron chi connectivity index (χ3n) is 5.85. The smallest absolute Gasteiger partial charge is 0.270 e. The number of hydrogen-bond donors (Lipinski definition) is 2. The zero-order chi connectivity index (χ0) is 25.8. The molecule has 188 valence electrons. The lowest BCUT2D eigenvalue weighted by Crippen LogP contribution is -2.42. The number of nitrogens with one attached hydrogen (secondary N) is 2. The molecule has 1 saturated heterocycles. The average molecular weight is 550 g/mol. The van der Waals surface area contributed by atoms with Crippen molar-refractivity contribution in [2.75, 3.05) is 5.75 Å². The second-order valence-electron chi connectivity index (χ2n) is 8.41. The molecular weight excluding hydrogens is 527 g/mol. The van der Waals surface area contributed by atoms with Crippen molar-refractivity contribution in [3.8, 4) is 0 Å². The van der Waals surface area contributed by atoms with Crippen molar-refractivity contribution in [3.05, 3.63) is 102 Å². The Balaban J connectivity index is 1.60. The zero-order valence-corrected chi connectivity index (χ0v) is 22.0. The maximum Gasteiger partial charge on any atom is 0.270 e. The molecule has 7 nitrogen and oxygen atoms in total. The van der Waals surface area contributed by atoms with Gasteiger partial charge in [-0.05, 0) is 42.7 Å². The van der Waals surface area contributed by atoms with Crippen LogP contribution in [0.25, 0.3) is 15.1 Å². The van der Waals surface area contributed by atoms with E-state index in [0.29, 0.717) is 33.2 Å². The number of sulfone groups is 1. The standard InChI is InChI=1S/C27H23N3O4S3/c31-25(19-12-5-2-6-13-19)30-23(26(32)29-22-16-9-17-37(22,33)34)24(18-10-3-1-4-11-18)36-27-28-20-14-7-8-15-21(20)35-27/h1-8,10-15,22H,9,16-17H2,(H,29,32)(H,30,31). The Morgan fingerprint density at radius 2 is 1.54 bits per heavy atom. The maximum absolute atomic E-state index is 13.7. The molecule has 0 bridgehead atoms. The molecule has 1 aromatic heterocycles. The van der Waals surface area contributed by atoms with Crippen LogP contribution in [0.1, 0.15) is 28.8 Å². The predicted octanol–water partition coefficient (Wildman–Crippen LogP) is 4.84. The Kier molecular flexibility index (Phi) is 7.40. The number of benzene rings is 3. The first-order chi connectivity index (χ1) is 17.9. The van der Waals surface area contributed by atoms with E-state index in [4.69, 9.17) is 4.98 Å². The van der Waals surface area contributed by atoms with Gasteiger partial charge in [0.05, 0.1) is 20.9 Å². The second-order valence-corrected chi connectivity index (χ2v) is 13.0. The van der Waals surface area contributed by atoms with E-state index in [-0.39, 0.29) is 11.4 Å². The van der Waals surface area contributed by atoms with Crippen LogP contribution in [0.3, 0.4) is 0 Å². The quantitative estimate of drug-likeness (QED) is 0.253. The molecule has 37 heavy (non-hydrogen) atoms. The lowest BCUT2D eigenvalue weighted by atomic mass is 10.1. The van der Waals surface area contributed by atoms with Crippen molar-refractivity contribution in [1.29, 1.82) is 0 Å². The Labute approximate surface area is 222 Å². The Morgan fingerprint density at radius 3 is 2.19 bits per heavy atom. The monoisotopic (exact) mass is 549 g/mol. The Hall–Kier alpha value is -3.47. The fraction of sp³-hybridized carbons (Fsp3) is 0.148. The fourth-order valence-corrected chi connectivity index (χ4v) is 7.86. The summed E-state index contributed by atoms with van der Waals surface area (Å²) in [5.74, 6) is -1.11. The van der Waals surface area contributed by atoms with Gasteiger partial charge in [0.2, 0.25) is 0 Å². The number of rotatable bonds is 7. The molecule has 4 aromatic rings. The SMILES string of the molecule is O=C(NC1CCCS1(=O)=O)C(NC(=O)c1ccccc1)=C(Sc1nc2ccccc2s1)c1ccccc1. The van der Waals surface area contributed by atoms with Crippen molar-refractivity contribution in [3.63, 3.8) is 0 Å². The third kappa shape index (κ3) is 5.76. The molecule has 0 saturated carbocycles. The van der Waals surface area contributed by atoms with Crippen LogP contribution in [0.4, 0.5) is 0 Å². The van der Waals surface area contributed by atoms with Crippen molar-refractivity contribution >= 4 is 59.9 Å². The molecule has 2 N–H and O–H groups in total. The normalized spacial score (nSPS) is 17.2. The minimum Gasteiger partial charge on any atom is -0.334 e. The molecule has 5 rings (SSSR count). The molecule has 2 heterocycles. The number of thioether (sulfide) groups is 1. The van der Waals surface area contributed by atoms with Crippen LogP contribution in [-0.4, -0.2) is 36.3 Å². The lowest BCUT2D eigenvalue weighted by Gasteiger charge is -2.18. The first-order valence-electron chi connectivity index (χ1n) is 11.6. The number of carbonyl (C=O) groups excluding carboxylic acids is 2. The summed E-state index contributed by atoms with van der Waals surface area (Å²) < 4.78 is 26.6. The Bertz CT molecular complexity index is 1550. The van der Waals surface area contributed by atoms with Crippen molar-refractivity contribution in [2.45, 2.75) is 22.6 Å². The van der Waals surface area contributed by atoms with Gasteiger partial charge in [-0.25, -0.2) is 13.4 Å². The first-order valence-corrected chi connectivity index (χ1v) is 15.0. The van der Waals surface area contributed by atoms with Gasteiger partial charge in [0.15, 0.2) is 14.2 Å². The summed E-state index contributed by atoms with van der Waals surface area (Å²) in [4.78, 5) is 32.0. The molecule has 1 atom stereocenters. The molecule has 2 amide bonds. The van der Waals surface area contributed by atoms with Gasteiger partial charge in [0.1, 0.15) is 11.1 Å². The van der Waals surface area contributed by atoms with Gasteiger partial charge in [0.25, 0.3) is 11.8 Å². The van der Waals surface area contributed by atoms with Crippen LogP contribution in [0, 0.1) is 0 Å². The molecular formula is C27H23N3O4S3. The topological polar surface area (TPSA) is 105 Å². The minimum atomic E-state index is -3.45. The number of hydrogen-bond acceptors (Lipinski definition) is 7. The summed E-state index contributed by atoms with van der Waals surface area (Å²) in [5, 5.41) is 4.44. The number of nitrogens with zero attached hydrogens (tertiary/aromatic N) is 1. The van der Waals surface area contributed by atoms with Crippen molar-refractivity contribution in [2.24, 2.45) is 0 Å². The van der Waals surface area contributed by atoms with Crippen LogP contribution < -0.4 is 10.6 Å². The summed E-state index contributed by atoms with van der Waals surface area (Å²) in [6.45, 7) is 0. The number of fused-ring (bicyclic) bond motifs is 1. The highest BCUT2D eigenvalue weighted by Crippen LogP contribution is 2.40. The number of amides is 2. The highest BCUT2D eigenvalue weighted by molar-refractivity contribution is 8.09. The summed E-state index contributed by atoms with van der Waals surface area (Å²) in [6.07, 6.45) is 0.814. The van der Waals surface area contributed by atoms with Crippen molar-refractivity contribution in [1.82, 2.24) is 15.6 Å². The molecule has 3 aromatic carbocycles. The largest absolute Gasteiger partial charge is 0.334 e. The van der Waals surface area contributed by atoms with E-state index in [9.17, 15) is 18.0 Å². The van der Waals surface area contributed by atoms with Gasteiger partial charge in [-0.1, -0.05) is 72.4 Å². The lowest BCUT2D eigenvalue weighted by molar-refractivity contribution is -0.118. The van der Waals surface area contributed by atoms with Gasteiger partial charge < -0.3 is 10.6 Å². The highest BCUT2D eigenvalue weighted by atomic mass is 32.2. The van der Waals surface area contributed by atoms with Crippen LogP contribution >= 0.6 is 23.1 Å². The van der Waals surface area contributed by atoms with Crippen LogP contribution in [0.2, 0.25) is 0 Å². The summed E-state index contributed by atoms with van der Waals surface area (Å²) >= 11 is 2.74. The van der Waals surface area contributed by atoms with E-state index < -0.39 is 27.0 Å². The minimum absolute atomic E-state index is 0.0218. The second kappa shape index (κ2) is 10.9. The number of carbonyl (C=O) groups is 2. The number of thiazole rings is 1. The molecule has 0 radical (unpaired) electrons. The molecule has 10 heteroatoms. The van der Waals surface area contributed by atoms with Gasteiger partial charge in [-0.2, -0.15) is 0 Å². The summed E-state index contributed by atoms with van der Waals surface area (Å²) in [5.41, 5.74) is 1.88. The molecule has 1 aliphatic rings. The van der Waals surface area contributed by atoms with Crippen LogP contribution in [0.5, 0.6) is 0 Å². The number of aromatic nitrogens is 1. The van der Waals surface area contributed by atoms with Gasteiger partial charge >= 0.3 is 0 Å². The van der Waals surface area contributed by atoms with E-state index in [1.54, 1.807) is 30.3 Å².